The molecule has 2 aromatic heterocycles. The number of anilines is 1. The molecule has 0 unspecified atom stereocenters. The maximum Gasteiger partial charge on any atom is 0.295 e. The van der Waals surface area contributed by atoms with Gasteiger partial charge in [0.15, 0.2) is 5.82 Å². The van der Waals surface area contributed by atoms with Gasteiger partial charge in [0.05, 0.1) is 10.6 Å². The molecule has 0 aliphatic rings. The summed E-state index contributed by atoms with van der Waals surface area (Å²) in [7, 11) is 1.69. The van der Waals surface area contributed by atoms with Crippen molar-refractivity contribution < 1.29 is 14.0 Å². The quantitative estimate of drug-likeness (QED) is 0.474. The number of hydrogen-bond acceptors (Lipinski definition) is 5. The molecule has 4 rings (SSSR count). The average Bonchev–Trinajstić information content (AvgIpc) is 3.45. The SMILES string of the molecule is CC(=O)N(C)Cc1ccccc1NC(=O)c1nc(-c2cccs2)n(-c2ccc(F)cc2)n1. The van der Waals surface area contributed by atoms with Crippen molar-refractivity contribution in [1.29, 1.82) is 0 Å². The van der Waals surface area contributed by atoms with E-state index in [0.717, 1.165) is 10.4 Å². The van der Waals surface area contributed by atoms with Gasteiger partial charge in [-0.25, -0.2) is 14.1 Å². The summed E-state index contributed by atoms with van der Waals surface area (Å²) in [5.41, 5.74) is 1.95. The van der Waals surface area contributed by atoms with Crippen LogP contribution in [-0.4, -0.2) is 38.5 Å². The lowest BCUT2D eigenvalue weighted by atomic mass is 10.1. The summed E-state index contributed by atoms with van der Waals surface area (Å²) in [5, 5.41) is 9.14. The molecule has 0 bridgehead atoms. The summed E-state index contributed by atoms with van der Waals surface area (Å²) in [6.45, 7) is 1.84. The molecule has 9 heteroatoms. The van der Waals surface area contributed by atoms with Crippen LogP contribution >= 0.6 is 11.3 Å². The van der Waals surface area contributed by atoms with Crippen molar-refractivity contribution >= 4 is 28.8 Å². The number of benzene rings is 2. The maximum atomic E-state index is 13.4. The highest BCUT2D eigenvalue weighted by Crippen LogP contribution is 2.26. The molecule has 2 amide bonds. The number of hydrogen-bond donors (Lipinski definition) is 1. The first-order valence-electron chi connectivity index (χ1n) is 9.80. The third kappa shape index (κ3) is 4.57. The highest BCUT2D eigenvalue weighted by molar-refractivity contribution is 7.13. The molecule has 0 saturated heterocycles. The molecule has 0 aliphatic heterocycles. The van der Waals surface area contributed by atoms with E-state index in [9.17, 15) is 14.0 Å². The lowest BCUT2D eigenvalue weighted by molar-refractivity contribution is -0.128. The second kappa shape index (κ2) is 9.11. The Labute approximate surface area is 188 Å². The van der Waals surface area contributed by atoms with Crippen molar-refractivity contribution in [3.63, 3.8) is 0 Å². The molecule has 0 saturated carbocycles. The van der Waals surface area contributed by atoms with Gasteiger partial charge in [-0.15, -0.1) is 16.4 Å². The summed E-state index contributed by atoms with van der Waals surface area (Å²) in [5.74, 6) is -0.460. The minimum absolute atomic E-state index is 0.0209. The molecule has 0 radical (unpaired) electrons. The van der Waals surface area contributed by atoms with Crippen LogP contribution in [0.4, 0.5) is 10.1 Å². The molecule has 7 nitrogen and oxygen atoms in total. The standard InChI is InChI=1S/C23H20FN5O2S/c1-15(30)28(2)14-16-6-3-4-7-19(16)25-23(31)21-26-22(20-8-5-13-32-20)29(27-21)18-11-9-17(24)10-12-18/h3-13H,14H2,1-2H3,(H,25,31). The number of halogens is 1. The molecule has 1 N–H and O–H groups in total. The number of aromatic nitrogens is 3. The van der Waals surface area contributed by atoms with E-state index in [4.69, 9.17) is 0 Å². The number of nitrogens with one attached hydrogen (secondary N) is 1. The molecule has 32 heavy (non-hydrogen) atoms. The number of para-hydroxylation sites is 1. The maximum absolute atomic E-state index is 13.4. The zero-order valence-electron chi connectivity index (χ0n) is 17.4. The van der Waals surface area contributed by atoms with Gasteiger partial charge in [0.2, 0.25) is 11.7 Å². The lowest BCUT2D eigenvalue weighted by Crippen LogP contribution is -2.24. The monoisotopic (exact) mass is 449 g/mol. The molecule has 0 atom stereocenters. The van der Waals surface area contributed by atoms with Gasteiger partial charge < -0.3 is 10.2 Å². The molecule has 0 spiro atoms. The Bertz CT molecular complexity index is 1250. The number of amides is 2. The Morgan fingerprint density at radius 2 is 1.84 bits per heavy atom. The van der Waals surface area contributed by atoms with Crippen LogP contribution in [0.15, 0.2) is 66.0 Å². The van der Waals surface area contributed by atoms with Gasteiger partial charge in [0, 0.05) is 26.2 Å². The van der Waals surface area contributed by atoms with E-state index >= 15 is 0 Å². The van der Waals surface area contributed by atoms with Gasteiger partial charge in [-0.3, -0.25) is 9.59 Å². The molecule has 2 heterocycles. The lowest BCUT2D eigenvalue weighted by Gasteiger charge is -2.17. The fourth-order valence-electron chi connectivity index (χ4n) is 3.06. The highest BCUT2D eigenvalue weighted by Gasteiger charge is 2.20. The number of rotatable bonds is 6. The van der Waals surface area contributed by atoms with Crippen LogP contribution in [-0.2, 0) is 11.3 Å². The normalized spacial score (nSPS) is 10.7. The van der Waals surface area contributed by atoms with E-state index in [-0.39, 0.29) is 17.5 Å². The van der Waals surface area contributed by atoms with Crippen LogP contribution in [0.25, 0.3) is 16.4 Å². The van der Waals surface area contributed by atoms with Crippen molar-refractivity contribution in [3.8, 4) is 16.4 Å². The summed E-state index contributed by atoms with van der Waals surface area (Å²) < 4.78 is 14.9. The molecule has 4 aromatic rings. The van der Waals surface area contributed by atoms with Crippen LogP contribution in [0, 0.1) is 5.82 Å². The van der Waals surface area contributed by atoms with Crippen LogP contribution in [0.5, 0.6) is 0 Å². The van der Waals surface area contributed by atoms with Gasteiger partial charge in [-0.1, -0.05) is 24.3 Å². The largest absolute Gasteiger partial charge is 0.342 e. The first-order valence-corrected chi connectivity index (χ1v) is 10.7. The highest BCUT2D eigenvalue weighted by atomic mass is 32.1. The van der Waals surface area contributed by atoms with E-state index in [0.29, 0.717) is 23.7 Å². The fourth-order valence-corrected chi connectivity index (χ4v) is 3.76. The van der Waals surface area contributed by atoms with Crippen LogP contribution in [0.2, 0.25) is 0 Å². The number of nitrogens with zero attached hydrogens (tertiary/aromatic N) is 4. The zero-order valence-corrected chi connectivity index (χ0v) is 18.3. The summed E-state index contributed by atoms with van der Waals surface area (Å²) >= 11 is 1.46. The van der Waals surface area contributed by atoms with Gasteiger partial charge in [0.1, 0.15) is 5.82 Å². The Morgan fingerprint density at radius 3 is 2.53 bits per heavy atom. The van der Waals surface area contributed by atoms with Gasteiger partial charge in [0.25, 0.3) is 5.91 Å². The number of thiophene rings is 1. The Kier molecular flexibility index (Phi) is 6.09. The number of carbonyl (C=O) groups excluding carboxylic acids is 2. The average molecular weight is 450 g/mol. The van der Waals surface area contributed by atoms with Gasteiger partial charge in [-0.05, 0) is 47.3 Å². The first kappa shape index (κ1) is 21.4. The third-order valence-corrected chi connectivity index (χ3v) is 5.70. The van der Waals surface area contributed by atoms with Gasteiger partial charge >= 0.3 is 0 Å². The molecular formula is C23H20FN5O2S. The number of carbonyl (C=O) groups is 2. The van der Waals surface area contributed by atoms with E-state index in [2.05, 4.69) is 15.4 Å². The first-order chi connectivity index (χ1) is 15.4. The Morgan fingerprint density at radius 1 is 1.09 bits per heavy atom. The van der Waals surface area contributed by atoms with Crippen molar-refractivity contribution in [2.24, 2.45) is 0 Å². The molecule has 2 aromatic carbocycles. The smallest absolute Gasteiger partial charge is 0.295 e. The van der Waals surface area contributed by atoms with Crippen LogP contribution in [0.1, 0.15) is 23.1 Å². The van der Waals surface area contributed by atoms with Crippen molar-refractivity contribution in [2.45, 2.75) is 13.5 Å². The van der Waals surface area contributed by atoms with Gasteiger partial charge in [-0.2, -0.15) is 0 Å². The molecule has 0 aliphatic carbocycles. The van der Waals surface area contributed by atoms with E-state index in [1.807, 2.05) is 29.6 Å². The Balaban J connectivity index is 1.66. The third-order valence-electron chi connectivity index (χ3n) is 4.83. The zero-order chi connectivity index (χ0) is 22.7. The molecule has 0 fully saturated rings. The molecule has 162 valence electrons. The fraction of sp³-hybridized carbons (Fsp3) is 0.130. The topological polar surface area (TPSA) is 80.1 Å². The van der Waals surface area contributed by atoms with Crippen molar-refractivity contribution in [3.05, 3.63) is 83.2 Å². The predicted octanol–water partition coefficient (Wildman–Crippen LogP) is 4.37. The van der Waals surface area contributed by atoms with E-state index in [1.165, 1.54) is 35.1 Å². The van der Waals surface area contributed by atoms with Crippen LogP contribution in [0.3, 0.4) is 0 Å². The van der Waals surface area contributed by atoms with E-state index in [1.54, 1.807) is 36.2 Å². The second-order valence-electron chi connectivity index (χ2n) is 7.11. The summed E-state index contributed by atoms with van der Waals surface area (Å²) in [6.07, 6.45) is 0. The minimum Gasteiger partial charge on any atom is -0.342 e. The predicted molar refractivity (Wildman–Crippen MR) is 121 cm³/mol. The van der Waals surface area contributed by atoms with Crippen molar-refractivity contribution in [1.82, 2.24) is 19.7 Å². The van der Waals surface area contributed by atoms with E-state index < -0.39 is 5.91 Å². The van der Waals surface area contributed by atoms with Crippen molar-refractivity contribution in [2.75, 3.05) is 12.4 Å². The minimum atomic E-state index is -0.485. The Hall–Kier alpha value is -3.85. The molecular weight excluding hydrogens is 429 g/mol. The van der Waals surface area contributed by atoms with Crippen LogP contribution < -0.4 is 5.32 Å². The second-order valence-corrected chi connectivity index (χ2v) is 8.06. The summed E-state index contributed by atoms with van der Waals surface area (Å²) in [4.78, 5) is 31.5. The summed E-state index contributed by atoms with van der Waals surface area (Å²) in [6, 6.07) is 16.8.